The molecular formula is C17H20N2O. The predicted octanol–water partition coefficient (Wildman–Crippen LogP) is 3.18. The summed E-state index contributed by atoms with van der Waals surface area (Å²) < 4.78 is 5.33. The number of ether oxygens (including phenoxy) is 1. The van der Waals surface area contributed by atoms with Gasteiger partial charge in [0.1, 0.15) is 5.75 Å². The number of rotatable bonds is 4. The third-order valence-electron chi connectivity index (χ3n) is 3.96. The van der Waals surface area contributed by atoms with Crippen LogP contribution in [0.25, 0.3) is 0 Å². The van der Waals surface area contributed by atoms with Crippen molar-refractivity contribution in [2.24, 2.45) is 0 Å². The number of aromatic nitrogens is 1. The van der Waals surface area contributed by atoms with E-state index < -0.39 is 0 Å². The Kier molecular flexibility index (Phi) is 3.70. The molecule has 0 saturated heterocycles. The highest BCUT2D eigenvalue weighted by atomic mass is 16.5. The minimum Gasteiger partial charge on any atom is -0.497 e. The van der Waals surface area contributed by atoms with E-state index in [0.717, 1.165) is 30.8 Å². The second-order valence-electron chi connectivity index (χ2n) is 5.34. The molecule has 1 heterocycles. The molecule has 0 aliphatic heterocycles. The number of fused-ring (bicyclic) bond motifs is 1. The molecule has 0 saturated carbocycles. The number of nitrogens with one attached hydrogen (secondary N) is 1. The van der Waals surface area contributed by atoms with Crippen molar-refractivity contribution in [1.82, 2.24) is 10.3 Å². The van der Waals surface area contributed by atoms with Gasteiger partial charge in [0.15, 0.2) is 0 Å². The van der Waals surface area contributed by atoms with Crippen LogP contribution in [-0.2, 0) is 13.0 Å². The first-order chi connectivity index (χ1) is 9.76. The monoisotopic (exact) mass is 268 g/mol. The maximum absolute atomic E-state index is 5.33. The molecule has 3 nitrogen and oxygen atoms in total. The minimum atomic E-state index is 0.418. The Morgan fingerprint density at radius 3 is 2.95 bits per heavy atom. The topological polar surface area (TPSA) is 34.1 Å². The summed E-state index contributed by atoms with van der Waals surface area (Å²) in [5.74, 6) is 0.939. The summed E-state index contributed by atoms with van der Waals surface area (Å²) in [4.78, 5) is 4.34. The van der Waals surface area contributed by atoms with Crippen LogP contribution < -0.4 is 10.1 Å². The molecule has 0 radical (unpaired) electrons. The molecule has 104 valence electrons. The fourth-order valence-electron chi connectivity index (χ4n) is 2.76. The average molecular weight is 268 g/mol. The Morgan fingerprint density at radius 2 is 2.20 bits per heavy atom. The first-order valence-corrected chi connectivity index (χ1v) is 7.08. The lowest BCUT2D eigenvalue weighted by molar-refractivity contribution is 0.413. The van der Waals surface area contributed by atoms with Crippen molar-refractivity contribution >= 4 is 0 Å². The summed E-state index contributed by atoms with van der Waals surface area (Å²) in [5.41, 5.74) is 5.10. The second-order valence-corrected chi connectivity index (χ2v) is 5.34. The molecule has 1 aliphatic carbocycles. The molecule has 3 rings (SSSR count). The standard InChI is InChI=1S/C17H20N2O/c1-12-3-4-13(10-18-12)11-19-17-8-6-14-5-7-15(20-2)9-16(14)17/h3-5,7,9-10,17,19H,6,8,11H2,1-2H3. The number of benzene rings is 1. The largest absolute Gasteiger partial charge is 0.497 e. The van der Waals surface area contributed by atoms with Gasteiger partial charge in [0, 0.05) is 24.5 Å². The van der Waals surface area contributed by atoms with Crippen LogP contribution in [-0.4, -0.2) is 12.1 Å². The molecule has 1 aromatic carbocycles. The lowest BCUT2D eigenvalue weighted by Crippen LogP contribution is -2.18. The highest BCUT2D eigenvalue weighted by Crippen LogP contribution is 2.33. The van der Waals surface area contributed by atoms with Gasteiger partial charge in [0.05, 0.1) is 7.11 Å². The van der Waals surface area contributed by atoms with Crippen LogP contribution in [0.1, 0.15) is 34.8 Å². The smallest absolute Gasteiger partial charge is 0.119 e. The van der Waals surface area contributed by atoms with Gasteiger partial charge in [-0.25, -0.2) is 0 Å². The van der Waals surface area contributed by atoms with Gasteiger partial charge < -0.3 is 10.1 Å². The van der Waals surface area contributed by atoms with E-state index in [9.17, 15) is 0 Å². The van der Waals surface area contributed by atoms with E-state index in [1.54, 1.807) is 7.11 Å². The molecule has 20 heavy (non-hydrogen) atoms. The summed E-state index contributed by atoms with van der Waals surface area (Å²) in [6.45, 7) is 2.87. The van der Waals surface area contributed by atoms with E-state index in [-0.39, 0.29) is 0 Å². The number of hydrogen-bond acceptors (Lipinski definition) is 3. The van der Waals surface area contributed by atoms with Crippen molar-refractivity contribution in [2.45, 2.75) is 32.4 Å². The zero-order chi connectivity index (χ0) is 13.9. The van der Waals surface area contributed by atoms with Crippen LogP contribution in [0, 0.1) is 6.92 Å². The first kappa shape index (κ1) is 13.1. The molecule has 1 aromatic heterocycles. The van der Waals surface area contributed by atoms with Crippen molar-refractivity contribution in [2.75, 3.05) is 7.11 Å². The first-order valence-electron chi connectivity index (χ1n) is 7.08. The van der Waals surface area contributed by atoms with Gasteiger partial charge >= 0.3 is 0 Å². The van der Waals surface area contributed by atoms with Gasteiger partial charge in [-0.3, -0.25) is 4.98 Å². The molecule has 2 aromatic rings. The molecule has 1 atom stereocenters. The van der Waals surface area contributed by atoms with E-state index in [1.165, 1.54) is 16.7 Å². The quantitative estimate of drug-likeness (QED) is 0.924. The van der Waals surface area contributed by atoms with Gasteiger partial charge in [0.25, 0.3) is 0 Å². The van der Waals surface area contributed by atoms with Crippen molar-refractivity contribution < 1.29 is 4.74 Å². The van der Waals surface area contributed by atoms with Crippen molar-refractivity contribution in [3.8, 4) is 5.75 Å². The molecular weight excluding hydrogens is 248 g/mol. The zero-order valence-corrected chi connectivity index (χ0v) is 12.0. The maximum atomic E-state index is 5.33. The van der Waals surface area contributed by atoms with Crippen molar-refractivity contribution in [3.63, 3.8) is 0 Å². The third kappa shape index (κ3) is 2.68. The van der Waals surface area contributed by atoms with E-state index >= 15 is 0 Å². The van der Waals surface area contributed by atoms with Crippen LogP contribution in [0.15, 0.2) is 36.5 Å². The van der Waals surface area contributed by atoms with Crippen LogP contribution in [0.5, 0.6) is 5.75 Å². The maximum Gasteiger partial charge on any atom is 0.119 e. The van der Waals surface area contributed by atoms with E-state index in [1.807, 2.05) is 19.2 Å². The fourth-order valence-corrected chi connectivity index (χ4v) is 2.76. The van der Waals surface area contributed by atoms with Crippen LogP contribution in [0.3, 0.4) is 0 Å². The van der Waals surface area contributed by atoms with Crippen molar-refractivity contribution in [3.05, 3.63) is 58.9 Å². The Labute approximate surface area is 120 Å². The minimum absolute atomic E-state index is 0.418. The average Bonchev–Trinajstić information content (AvgIpc) is 2.89. The number of pyridine rings is 1. The van der Waals surface area contributed by atoms with Crippen LogP contribution in [0.2, 0.25) is 0 Å². The van der Waals surface area contributed by atoms with Gasteiger partial charge in [0.2, 0.25) is 0 Å². The molecule has 0 spiro atoms. The summed E-state index contributed by atoms with van der Waals surface area (Å²) in [7, 11) is 1.72. The summed E-state index contributed by atoms with van der Waals surface area (Å²) >= 11 is 0. The Hall–Kier alpha value is -1.87. The lowest BCUT2D eigenvalue weighted by Gasteiger charge is -2.15. The molecule has 1 N–H and O–H groups in total. The zero-order valence-electron chi connectivity index (χ0n) is 12.0. The normalized spacial score (nSPS) is 17.0. The summed E-state index contributed by atoms with van der Waals surface area (Å²) in [5, 5.41) is 3.63. The van der Waals surface area contributed by atoms with E-state index in [2.05, 4.69) is 34.6 Å². The highest BCUT2D eigenvalue weighted by molar-refractivity contribution is 5.40. The number of methoxy groups -OCH3 is 1. The van der Waals surface area contributed by atoms with Gasteiger partial charge in [-0.2, -0.15) is 0 Å². The Bertz CT molecular complexity index is 592. The number of hydrogen-bond donors (Lipinski definition) is 1. The molecule has 0 fully saturated rings. The fraction of sp³-hybridized carbons (Fsp3) is 0.353. The third-order valence-corrected chi connectivity index (χ3v) is 3.96. The van der Waals surface area contributed by atoms with E-state index in [0.29, 0.717) is 6.04 Å². The lowest BCUT2D eigenvalue weighted by atomic mass is 10.1. The van der Waals surface area contributed by atoms with E-state index in [4.69, 9.17) is 4.74 Å². The van der Waals surface area contributed by atoms with Gasteiger partial charge in [-0.1, -0.05) is 12.1 Å². The van der Waals surface area contributed by atoms with Crippen molar-refractivity contribution in [1.29, 1.82) is 0 Å². The van der Waals surface area contributed by atoms with Crippen LogP contribution >= 0.6 is 0 Å². The second kappa shape index (κ2) is 5.63. The molecule has 0 amide bonds. The summed E-state index contributed by atoms with van der Waals surface area (Å²) in [6.07, 6.45) is 4.24. The highest BCUT2D eigenvalue weighted by Gasteiger charge is 2.22. The Balaban J connectivity index is 1.70. The molecule has 1 aliphatic rings. The van der Waals surface area contributed by atoms with Gasteiger partial charge in [-0.15, -0.1) is 0 Å². The van der Waals surface area contributed by atoms with Gasteiger partial charge in [-0.05, 0) is 54.7 Å². The van der Waals surface area contributed by atoms with Crippen LogP contribution in [0.4, 0.5) is 0 Å². The Morgan fingerprint density at radius 1 is 1.30 bits per heavy atom. The molecule has 0 bridgehead atoms. The molecule has 1 unspecified atom stereocenters. The number of aryl methyl sites for hydroxylation is 2. The molecule has 3 heteroatoms. The summed E-state index contributed by atoms with van der Waals surface area (Å²) in [6, 6.07) is 11.0. The SMILES string of the molecule is COc1ccc2c(c1)C(NCc1ccc(C)nc1)CC2. The number of nitrogens with zero attached hydrogens (tertiary/aromatic N) is 1. The predicted molar refractivity (Wildman–Crippen MR) is 79.9 cm³/mol.